The summed E-state index contributed by atoms with van der Waals surface area (Å²) in [4.78, 5) is 6.88. The molecular formula is C24H26Cl2N4OS. The van der Waals surface area contributed by atoms with Crippen LogP contribution >= 0.6 is 35.4 Å². The third-order valence-corrected chi connectivity index (χ3v) is 6.77. The number of aromatic nitrogens is 2. The van der Waals surface area contributed by atoms with Crippen molar-refractivity contribution in [3.05, 3.63) is 81.4 Å². The van der Waals surface area contributed by atoms with E-state index in [0.717, 1.165) is 40.8 Å². The Morgan fingerprint density at radius 2 is 1.97 bits per heavy atom. The zero-order valence-corrected chi connectivity index (χ0v) is 20.6. The van der Waals surface area contributed by atoms with Gasteiger partial charge in [-0.25, -0.2) is 0 Å². The van der Waals surface area contributed by atoms with E-state index in [2.05, 4.69) is 39.7 Å². The largest absolute Gasteiger partial charge is 0.385 e. The van der Waals surface area contributed by atoms with Gasteiger partial charge in [-0.05, 0) is 74.4 Å². The van der Waals surface area contributed by atoms with Crippen molar-refractivity contribution in [2.45, 2.75) is 32.4 Å². The molecule has 1 fully saturated rings. The summed E-state index contributed by atoms with van der Waals surface area (Å²) in [6, 6.07) is 13.7. The minimum absolute atomic E-state index is 0.000261. The van der Waals surface area contributed by atoms with Gasteiger partial charge < -0.3 is 19.5 Å². The Balaban J connectivity index is 1.80. The number of rotatable bonds is 7. The third kappa shape index (κ3) is 4.37. The fourth-order valence-electron chi connectivity index (χ4n) is 4.48. The zero-order valence-electron chi connectivity index (χ0n) is 18.3. The molecule has 0 spiro atoms. The van der Waals surface area contributed by atoms with Crippen molar-refractivity contribution in [1.82, 2.24) is 19.8 Å². The Morgan fingerprint density at radius 1 is 1.16 bits per heavy atom. The van der Waals surface area contributed by atoms with Crippen LogP contribution in [0.1, 0.15) is 41.1 Å². The Morgan fingerprint density at radius 3 is 2.66 bits per heavy atom. The molecule has 0 radical (unpaired) electrons. The fraction of sp³-hybridized carbons (Fsp3) is 0.333. The topological polar surface area (TPSA) is 42.3 Å². The first-order chi connectivity index (χ1) is 15.4. The van der Waals surface area contributed by atoms with Crippen molar-refractivity contribution in [3.8, 4) is 5.69 Å². The molecule has 1 saturated heterocycles. The lowest BCUT2D eigenvalue weighted by atomic mass is 9.96. The maximum absolute atomic E-state index is 6.57. The molecule has 1 aromatic carbocycles. The van der Waals surface area contributed by atoms with Crippen LogP contribution in [0, 0.1) is 13.8 Å². The van der Waals surface area contributed by atoms with Crippen LogP contribution in [0.4, 0.5) is 0 Å². The second-order valence-electron chi connectivity index (χ2n) is 7.92. The van der Waals surface area contributed by atoms with Gasteiger partial charge in [-0.3, -0.25) is 4.98 Å². The number of ether oxygens (including phenoxy) is 1. The number of benzene rings is 1. The molecule has 4 rings (SSSR count). The van der Waals surface area contributed by atoms with E-state index in [0.29, 0.717) is 16.7 Å². The van der Waals surface area contributed by atoms with Crippen LogP contribution in [0.15, 0.2) is 48.7 Å². The van der Waals surface area contributed by atoms with E-state index in [1.807, 2.05) is 36.5 Å². The van der Waals surface area contributed by atoms with Gasteiger partial charge in [0.1, 0.15) is 0 Å². The van der Waals surface area contributed by atoms with E-state index in [4.69, 9.17) is 40.2 Å². The van der Waals surface area contributed by atoms with Gasteiger partial charge in [-0.1, -0.05) is 29.3 Å². The van der Waals surface area contributed by atoms with E-state index < -0.39 is 0 Å². The first kappa shape index (κ1) is 23.1. The van der Waals surface area contributed by atoms with Crippen LogP contribution in [0.5, 0.6) is 0 Å². The van der Waals surface area contributed by atoms with E-state index >= 15 is 0 Å². The average molecular weight is 489 g/mol. The van der Waals surface area contributed by atoms with E-state index in [1.165, 1.54) is 5.56 Å². The highest BCUT2D eigenvalue weighted by molar-refractivity contribution is 7.80. The molecule has 0 amide bonds. The SMILES string of the molecule is COCCCN1C(=S)NC(c2ccccn2)C1c1cc(C)n(-c2ccc(Cl)cc2Cl)c1C. The smallest absolute Gasteiger partial charge is 0.170 e. The molecule has 2 atom stereocenters. The molecule has 2 unspecified atom stereocenters. The number of aryl methyl sites for hydroxylation is 1. The van der Waals surface area contributed by atoms with Crippen LogP contribution < -0.4 is 5.32 Å². The molecule has 0 aliphatic carbocycles. The fourth-order valence-corrected chi connectivity index (χ4v) is 5.31. The molecule has 3 heterocycles. The number of thiocarbonyl (C=S) groups is 1. The molecule has 32 heavy (non-hydrogen) atoms. The van der Waals surface area contributed by atoms with Crippen molar-refractivity contribution in [2.24, 2.45) is 0 Å². The summed E-state index contributed by atoms with van der Waals surface area (Å²) in [7, 11) is 1.72. The molecule has 0 saturated carbocycles. The zero-order chi connectivity index (χ0) is 22.8. The number of nitrogens with one attached hydrogen (secondary N) is 1. The monoisotopic (exact) mass is 488 g/mol. The third-order valence-electron chi connectivity index (χ3n) is 5.88. The second-order valence-corrected chi connectivity index (χ2v) is 9.15. The van der Waals surface area contributed by atoms with E-state index in [9.17, 15) is 0 Å². The molecule has 168 valence electrons. The number of pyridine rings is 1. The maximum atomic E-state index is 6.57. The van der Waals surface area contributed by atoms with Gasteiger partial charge in [0, 0.05) is 42.9 Å². The predicted molar refractivity (Wildman–Crippen MR) is 134 cm³/mol. The lowest BCUT2D eigenvalue weighted by Gasteiger charge is -2.28. The van der Waals surface area contributed by atoms with E-state index in [1.54, 1.807) is 13.2 Å². The molecule has 5 nitrogen and oxygen atoms in total. The van der Waals surface area contributed by atoms with Crippen LogP contribution in [-0.4, -0.2) is 39.8 Å². The summed E-state index contributed by atoms with van der Waals surface area (Å²) in [6.07, 6.45) is 2.70. The lowest BCUT2D eigenvalue weighted by molar-refractivity contribution is 0.180. The van der Waals surface area contributed by atoms with Crippen molar-refractivity contribution in [2.75, 3.05) is 20.3 Å². The average Bonchev–Trinajstić information content (AvgIpc) is 3.25. The van der Waals surface area contributed by atoms with Crippen LogP contribution in [0.2, 0.25) is 10.0 Å². The van der Waals surface area contributed by atoms with Gasteiger partial charge in [0.15, 0.2) is 5.11 Å². The van der Waals surface area contributed by atoms with Gasteiger partial charge in [-0.2, -0.15) is 0 Å². The van der Waals surface area contributed by atoms with Crippen molar-refractivity contribution in [1.29, 1.82) is 0 Å². The molecule has 1 aliphatic rings. The molecule has 3 aromatic rings. The van der Waals surface area contributed by atoms with Crippen LogP contribution in [0.3, 0.4) is 0 Å². The standard InChI is InChI=1S/C24H26Cl2N4OS/c1-15-13-18(16(2)30(15)21-9-8-17(25)14-19(21)26)23-22(20-7-4-5-10-27-20)28-24(32)29(23)11-6-12-31-3/h4-5,7-10,13-14,22-23H,6,11-12H2,1-3H3,(H,28,32). The Labute approximate surface area is 204 Å². The number of nitrogens with zero attached hydrogens (tertiary/aromatic N) is 3. The Hall–Kier alpha value is -2.12. The van der Waals surface area contributed by atoms with Crippen LogP contribution in [-0.2, 0) is 4.74 Å². The van der Waals surface area contributed by atoms with Crippen LogP contribution in [0.25, 0.3) is 5.69 Å². The summed E-state index contributed by atoms with van der Waals surface area (Å²) in [5.41, 5.74) is 5.26. The summed E-state index contributed by atoms with van der Waals surface area (Å²) in [5, 5.41) is 5.48. The normalized spacial score (nSPS) is 18.3. The highest BCUT2D eigenvalue weighted by Crippen LogP contribution is 2.42. The minimum Gasteiger partial charge on any atom is -0.385 e. The minimum atomic E-state index is -0.0547. The highest BCUT2D eigenvalue weighted by atomic mass is 35.5. The summed E-state index contributed by atoms with van der Waals surface area (Å²) in [6.45, 7) is 5.68. The number of hydrogen-bond acceptors (Lipinski definition) is 3. The summed E-state index contributed by atoms with van der Waals surface area (Å²) < 4.78 is 7.46. The van der Waals surface area contributed by atoms with E-state index in [-0.39, 0.29) is 12.1 Å². The van der Waals surface area contributed by atoms with Gasteiger partial charge in [-0.15, -0.1) is 0 Å². The molecule has 0 bridgehead atoms. The molecule has 1 aliphatic heterocycles. The second kappa shape index (κ2) is 9.79. The summed E-state index contributed by atoms with van der Waals surface area (Å²) >= 11 is 18.5. The number of hydrogen-bond donors (Lipinski definition) is 1. The molecule has 2 aromatic heterocycles. The van der Waals surface area contributed by atoms with Gasteiger partial charge in [0.2, 0.25) is 0 Å². The maximum Gasteiger partial charge on any atom is 0.170 e. The quantitative estimate of drug-likeness (QED) is 0.335. The predicted octanol–water partition coefficient (Wildman–Crippen LogP) is 5.80. The Kier molecular flexibility index (Phi) is 7.05. The van der Waals surface area contributed by atoms with Gasteiger partial charge in [0.25, 0.3) is 0 Å². The first-order valence-corrected chi connectivity index (χ1v) is 11.7. The highest BCUT2D eigenvalue weighted by Gasteiger charge is 2.41. The number of methoxy groups -OCH3 is 1. The van der Waals surface area contributed by atoms with Crippen molar-refractivity contribution >= 4 is 40.5 Å². The summed E-state index contributed by atoms with van der Waals surface area (Å²) in [5.74, 6) is 0. The molecule has 8 heteroatoms. The van der Waals surface area contributed by atoms with Gasteiger partial charge in [0.05, 0.1) is 28.5 Å². The molecular weight excluding hydrogens is 463 g/mol. The van der Waals surface area contributed by atoms with Crippen molar-refractivity contribution in [3.63, 3.8) is 0 Å². The number of halogens is 2. The first-order valence-electron chi connectivity index (χ1n) is 10.5. The van der Waals surface area contributed by atoms with Gasteiger partial charge >= 0.3 is 0 Å². The lowest BCUT2D eigenvalue weighted by Crippen LogP contribution is -2.31. The molecule has 1 N–H and O–H groups in total. The van der Waals surface area contributed by atoms with Crippen molar-refractivity contribution < 1.29 is 4.74 Å². The Bertz CT molecular complexity index is 1120.